The Labute approximate surface area is 98.5 Å². The molecule has 0 aliphatic heterocycles. The van der Waals surface area contributed by atoms with Crippen molar-refractivity contribution >= 4 is 31.7 Å². The molecule has 0 spiro atoms. The summed E-state index contributed by atoms with van der Waals surface area (Å²) in [5.41, 5.74) is 0.608. The Morgan fingerprint density at radius 2 is 2.00 bits per heavy atom. The van der Waals surface area contributed by atoms with E-state index in [1.807, 2.05) is 12.1 Å². The Morgan fingerprint density at radius 3 is 2.47 bits per heavy atom. The van der Waals surface area contributed by atoms with Crippen LogP contribution < -0.4 is 0 Å². The number of nitrogens with zero attached hydrogens (tertiary/aromatic N) is 2. The number of rotatable bonds is 2. The molecule has 0 saturated carbocycles. The number of nitriles is 1. The van der Waals surface area contributed by atoms with Crippen LogP contribution in [0.4, 0.5) is 4.79 Å². The van der Waals surface area contributed by atoms with E-state index in [4.69, 9.17) is 10.00 Å². The Morgan fingerprint density at radius 1 is 1.40 bits per heavy atom. The zero-order valence-electron chi connectivity index (χ0n) is 7.57. The lowest BCUT2D eigenvalue weighted by atomic mass is 10.1. The first-order chi connectivity index (χ1) is 7.15. The minimum atomic E-state index is -0.944. The van der Waals surface area contributed by atoms with Crippen molar-refractivity contribution in [3.63, 3.8) is 0 Å². The largest absolute Gasteiger partial charge is 0.431 e. The van der Waals surface area contributed by atoms with Gasteiger partial charge in [0.25, 0.3) is 0 Å². The lowest BCUT2D eigenvalue weighted by molar-refractivity contribution is 0.119. The number of benzene rings is 1. The van der Waals surface area contributed by atoms with Crippen LogP contribution in [0.2, 0.25) is 0 Å². The molecule has 1 aromatic rings. The third-order valence-electron chi connectivity index (χ3n) is 1.60. The van der Waals surface area contributed by atoms with E-state index in [0.29, 0.717) is 9.27 Å². The molecule has 1 rings (SSSR count). The Balaban J connectivity index is 2.75. The molecular formula is C9H8N2O2S2. The SMILES string of the molecule is N#CC(OC(=O)N(S)S)c1ccccc1. The summed E-state index contributed by atoms with van der Waals surface area (Å²) >= 11 is 7.26. The summed E-state index contributed by atoms with van der Waals surface area (Å²) in [6, 6.07) is 10.6. The van der Waals surface area contributed by atoms with Crippen molar-refractivity contribution in [1.29, 1.82) is 5.26 Å². The first kappa shape index (κ1) is 11.8. The number of hydrogen-bond acceptors (Lipinski definition) is 5. The molecule has 0 aliphatic carbocycles. The molecule has 1 atom stereocenters. The van der Waals surface area contributed by atoms with E-state index in [2.05, 4.69) is 25.6 Å². The summed E-state index contributed by atoms with van der Waals surface area (Å²) in [6.45, 7) is 0. The highest BCUT2D eigenvalue weighted by atomic mass is 32.2. The maximum absolute atomic E-state index is 11.1. The van der Waals surface area contributed by atoms with Crippen molar-refractivity contribution in [3.05, 3.63) is 35.9 Å². The van der Waals surface area contributed by atoms with Gasteiger partial charge in [0.2, 0.25) is 6.10 Å². The molecule has 0 aromatic heterocycles. The molecule has 1 unspecified atom stereocenters. The number of thiol groups is 2. The van der Waals surface area contributed by atoms with E-state index in [1.54, 1.807) is 24.3 Å². The van der Waals surface area contributed by atoms with Gasteiger partial charge in [-0.1, -0.05) is 30.3 Å². The zero-order valence-corrected chi connectivity index (χ0v) is 9.36. The highest BCUT2D eigenvalue weighted by Crippen LogP contribution is 2.18. The Bertz CT molecular complexity index is 375. The van der Waals surface area contributed by atoms with Crippen LogP contribution in [0.5, 0.6) is 0 Å². The number of ether oxygens (including phenoxy) is 1. The van der Waals surface area contributed by atoms with E-state index in [0.717, 1.165) is 0 Å². The molecule has 0 N–H and O–H groups in total. The molecule has 1 amide bonds. The molecule has 0 bridgehead atoms. The third-order valence-corrected chi connectivity index (χ3v) is 1.93. The van der Waals surface area contributed by atoms with Gasteiger partial charge in [-0.05, 0) is 25.6 Å². The van der Waals surface area contributed by atoms with Gasteiger partial charge in [0.05, 0.1) is 0 Å². The van der Waals surface area contributed by atoms with E-state index >= 15 is 0 Å². The highest BCUT2D eigenvalue weighted by Gasteiger charge is 2.17. The summed E-state index contributed by atoms with van der Waals surface area (Å²) in [5, 5.41) is 8.81. The van der Waals surface area contributed by atoms with E-state index in [-0.39, 0.29) is 0 Å². The molecule has 0 radical (unpaired) electrons. The molecule has 15 heavy (non-hydrogen) atoms. The van der Waals surface area contributed by atoms with Gasteiger partial charge in [0.15, 0.2) is 0 Å². The molecular weight excluding hydrogens is 232 g/mol. The van der Waals surface area contributed by atoms with Gasteiger partial charge in [0.1, 0.15) is 6.07 Å². The molecule has 1 aromatic carbocycles. The predicted molar refractivity (Wildman–Crippen MR) is 61.1 cm³/mol. The first-order valence-corrected chi connectivity index (χ1v) is 4.78. The van der Waals surface area contributed by atoms with Crippen LogP contribution in [0, 0.1) is 11.3 Å². The number of carbonyl (C=O) groups is 1. The Hall–Kier alpha value is -1.32. The predicted octanol–water partition coefficient (Wildman–Crippen LogP) is 2.38. The minimum absolute atomic E-state index is 0.608. The second-order valence-corrected chi connectivity index (χ2v) is 3.71. The second kappa shape index (κ2) is 5.53. The van der Waals surface area contributed by atoms with Gasteiger partial charge in [-0.15, -0.1) is 0 Å². The molecule has 0 fully saturated rings. The molecule has 0 saturated heterocycles. The van der Waals surface area contributed by atoms with Gasteiger partial charge in [-0.2, -0.15) is 8.97 Å². The van der Waals surface area contributed by atoms with Crippen LogP contribution in [0.1, 0.15) is 11.7 Å². The zero-order chi connectivity index (χ0) is 11.3. The van der Waals surface area contributed by atoms with Crippen LogP contribution in [0.15, 0.2) is 30.3 Å². The quantitative estimate of drug-likeness (QED) is 0.780. The molecule has 0 heterocycles. The van der Waals surface area contributed by atoms with Crippen molar-refractivity contribution in [3.8, 4) is 6.07 Å². The summed E-state index contributed by atoms with van der Waals surface area (Å²) in [4.78, 5) is 11.1. The summed E-state index contributed by atoms with van der Waals surface area (Å²) < 4.78 is 5.49. The fourth-order valence-electron chi connectivity index (χ4n) is 0.945. The second-order valence-electron chi connectivity index (χ2n) is 2.59. The summed E-state index contributed by atoms with van der Waals surface area (Å²) in [7, 11) is 0. The fraction of sp³-hybridized carbons (Fsp3) is 0.111. The average Bonchev–Trinajstić information content (AvgIpc) is 2.26. The first-order valence-electron chi connectivity index (χ1n) is 3.98. The van der Waals surface area contributed by atoms with Crippen molar-refractivity contribution < 1.29 is 9.53 Å². The normalized spacial score (nSPS) is 11.3. The van der Waals surface area contributed by atoms with Crippen LogP contribution in [0.25, 0.3) is 0 Å². The standard InChI is InChI=1S/C9H8N2O2S2/c10-6-8(13-9(12)11(14)15)7-4-2-1-3-5-7/h1-5,8,14-15H. The average molecular weight is 240 g/mol. The van der Waals surface area contributed by atoms with Crippen LogP contribution in [-0.2, 0) is 4.74 Å². The molecule has 78 valence electrons. The monoisotopic (exact) mass is 240 g/mol. The van der Waals surface area contributed by atoms with Crippen molar-refractivity contribution in [2.75, 3.05) is 0 Å². The third kappa shape index (κ3) is 3.38. The van der Waals surface area contributed by atoms with Crippen molar-refractivity contribution in [2.45, 2.75) is 6.10 Å². The van der Waals surface area contributed by atoms with Crippen molar-refractivity contribution in [1.82, 2.24) is 3.71 Å². The maximum atomic E-state index is 11.1. The van der Waals surface area contributed by atoms with Crippen LogP contribution in [0.3, 0.4) is 0 Å². The lowest BCUT2D eigenvalue weighted by Crippen LogP contribution is -2.16. The van der Waals surface area contributed by atoms with E-state index in [9.17, 15) is 4.79 Å². The smallest absolute Gasteiger partial charge is 0.424 e. The topological polar surface area (TPSA) is 53.3 Å². The van der Waals surface area contributed by atoms with Crippen LogP contribution in [-0.4, -0.2) is 9.80 Å². The van der Waals surface area contributed by atoms with Gasteiger partial charge < -0.3 is 4.74 Å². The molecule has 6 heteroatoms. The molecule has 0 aliphatic rings. The number of carbonyl (C=O) groups excluding carboxylic acids is 1. The number of amides is 1. The van der Waals surface area contributed by atoms with Gasteiger partial charge in [0, 0.05) is 5.56 Å². The lowest BCUT2D eigenvalue weighted by Gasteiger charge is -2.13. The van der Waals surface area contributed by atoms with Gasteiger partial charge in [-0.25, -0.2) is 4.79 Å². The maximum Gasteiger partial charge on any atom is 0.431 e. The fourth-order valence-corrected chi connectivity index (χ4v) is 1.04. The Kier molecular flexibility index (Phi) is 4.34. The van der Waals surface area contributed by atoms with Gasteiger partial charge in [-0.3, -0.25) is 0 Å². The van der Waals surface area contributed by atoms with E-state index < -0.39 is 12.2 Å². The summed E-state index contributed by atoms with van der Waals surface area (Å²) in [5.74, 6) is 0. The van der Waals surface area contributed by atoms with Crippen molar-refractivity contribution in [2.24, 2.45) is 0 Å². The van der Waals surface area contributed by atoms with E-state index in [1.165, 1.54) is 0 Å². The van der Waals surface area contributed by atoms with Gasteiger partial charge >= 0.3 is 6.09 Å². The number of hydrogen-bond donors (Lipinski definition) is 2. The van der Waals surface area contributed by atoms with Crippen LogP contribution >= 0.6 is 25.6 Å². The molecule has 4 nitrogen and oxygen atoms in total. The summed E-state index contributed by atoms with van der Waals surface area (Å²) in [6.07, 6.45) is -1.74. The minimum Gasteiger partial charge on any atom is -0.424 e. The highest BCUT2D eigenvalue weighted by molar-refractivity contribution is 7.94.